The van der Waals surface area contributed by atoms with Gasteiger partial charge in [0.05, 0.1) is 11.7 Å². The fraction of sp³-hybridized carbons (Fsp3) is 0.632. The average molecular weight is 314 g/mol. The monoisotopic (exact) mass is 314 g/mol. The Bertz CT molecular complexity index is 665. The standard InChI is InChI=1S/C19H30N4/c1-6-9-23-16(5)17(15(4)20-23)13-22-12-11-21-10-7-8-18(21)19(22)14(2)3/h7-8,10,14,19H,6,9,11-13H2,1-5H3. The van der Waals surface area contributed by atoms with Crippen LogP contribution in [0.2, 0.25) is 0 Å². The van der Waals surface area contributed by atoms with E-state index in [0.717, 1.165) is 32.6 Å². The predicted octanol–water partition coefficient (Wildman–Crippen LogP) is 3.92. The summed E-state index contributed by atoms with van der Waals surface area (Å²) in [6.45, 7) is 15.5. The zero-order valence-electron chi connectivity index (χ0n) is 15.2. The van der Waals surface area contributed by atoms with Crippen LogP contribution in [0.15, 0.2) is 18.3 Å². The first kappa shape index (κ1) is 16.3. The van der Waals surface area contributed by atoms with E-state index in [0.29, 0.717) is 12.0 Å². The van der Waals surface area contributed by atoms with Gasteiger partial charge in [-0.1, -0.05) is 20.8 Å². The summed E-state index contributed by atoms with van der Waals surface area (Å²) >= 11 is 0. The van der Waals surface area contributed by atoms with Crippen molar-refractivity contribution in [2.24, 2.45) is 5.92 Å². The predicted molar refractivity (Wildman–Crippen MR) is 94.4 cm³/mol. The summed E-state index contributed by atoms with van der Waals surface area (Å²) in [5, 5.41) is 4.75. The fourth-order valence-corrected chi connectivity index (χ4v) is 4.00. The SMILES string of the molecule is CCCn1nc(C)c(CN2CCn3cccc3C2C(C)C)c1C. The van der Waals surface area contributed by atoms with Crippen LogP contribution in [-0.4, -0.2) is 25.8 Å². The van der Waals surface area contributed by atoms with Crippen molar-refractivity contribution in [2.75, 3.05) is 6.54 Å². The highest BCUT2D eigenvalue weighted by Gasteiger charge is 2.30. The topological polar surface area (TPSA) is 26.0 Å². The summed E-state index contributed by atoms with van der Waals surface area (Å²) in [6.07, 6.45) is 3.35. The smallest absolute Gasteiger partial charge is 0.0641 e. The van der Waals surface area contributed by atoms with Crippen LogP contribution in [-0.2, 0) is 19.6 Å². The van der Waals surface area contributed by atoms with Gasteiger partial charge in [0.1, 0.15) is 0 Å². The zero-order valence-corrected chi connectivity index (χ0v) is 15.2. The number of fused-ring (bicyclic) bond motifs is 1. The quantitative estimate of drug-likeness (QED) is 0.836. The van der Waals surface area contributed by atoms with E-state index < -0.39 is 0 Å². The Morgan fingerprint density at radius 2 is 2.04 bits per heavy atom. The summed E-state index contributed by atoms with van der Waals surface area (Å²) in [4.78, 5) is 2.65. The Balaban J connectivity index is 1.88. The first-order valence-electron chi connectivity index (χ1n) is 8.94. The molecule has 0 N–H and O–H groups in total. The molecule has 1 aliphatic rings. The lowest BCUT2D eigenvalue weighted by Crippen LogP contribution is -2.39. The number of hydrogen-bond acceptors (Lipinski definition) is 2. The Morgan fingerprint density at radius 1 is 1.26 bits per heavy atom. The molecule has 0 fully saturated rings. The summed E-state index contributed by atoms with van der Waals surface area (Å²) < 4.78 is 4.60. The molecule has 23 heavy (non-hydrogen) atoms. The summed E-state index contributed by atoms with van der Waals surface area (Å²) in [7, 11) is 0. The molecule has 1 aliphatic heterocycles. The van der Waals surface area contributed by atoms with Crippen LogP contribution in [0.25, 0.3) is 0 Å². The Hall–Kier alpha value is -1.55. The molecule has 1 unspecified atom stereocenters. The minimum atomic E-state index is 0.493. The fourth-order valence-electron chi connectivity index (χ4n) is 4.00. The third kappa shape index (κ3) is 2.97. The molecule has 0 aromatic carbocycles. The van der Waals surface area contributed by atoms with Gasteiger partial charge in [-0.3, -0.25) is 9.58 Å². The van der Waals surface area contributed by atoms with E-state index >= 15 is 0 Å². The van der Waals surface area contributed by atoms with Crippen LogP contribution in [0.4, 0.5) is 0 Å². The van der Waals surface area contributed by atoms with Crippen molar-refractivity contribution in [1.82, 2.24) is 19.2 Å². The van der Waals surface area contributed by atoms with Gasteiger partial charge in [-0.2, -0.15) is 5.10 Å². The number of nitrogens with zero attached hydrogens (tertiary/aromatic N) is 4. The molecule has 0 aliphatic carbocycles. The molecule has 4 nitrogen and oxygen atoms in total. The van der Waals surface area contributed by atoms with Crippen molar-refractivity contribution < 1.29 is 0 Å². The van der Waals surface area contributed by atoms with Gasteiger partial charge in [0.15, 0.2) is 0 Å². The highest BCUT2D eigenvalue weighted by atomic mass is 15.3. The molecule has 0 spiro atoms. The second-order valence-electron chi connectivity index (χ2n) is 7.16. The van der Waals surface area contributed by atoms with Crippen LogP contribution in [0.1, 0.15) is 55.9 Å². The molecule has 0 saturated heterocycles. The van der Waals surface area contributed by atoms with Crippen LogP contribution >= 0.6 is 0 Å². The minimum absolute atomic E-state index is 0.493. The summed E-state index contributed by atoms with van der Waals surface area (Å²) in [5.74, 6) is 0.607. The van der Waals surface area contributed by atoms with Crippen LogP contribution in [0.5, 0.6) is 0 Å². The molecule has 0 bridgehead atoms. The highest BCUT2D eigenvalue weighted by molar-refractivity contribution is 5.25. The van der Waals surface area contributed by atoms with E-state index in [9.17, 15) is 0 Å². The average Bonchev–Trinajstić information content (AvgIpc) is 3.07. The van der Waals surface area contributed by atoms with Gasteiger partial charge >= 0.3 is 0 Å². The van der Waals surface area contributed by atoms with E-state index in [-0.39, 0.29) is 0 Å². The van der Waals surface area contributed by atoms with E-state index in [1.54, 1.807) is 0 Å². The van der Waals surface area contributed by atoms with Crippen molar-refractivity contribution in [3.05, 3.63) is 41.0 Å². The molecule has 2 aromatic rings. The lowest BCUT2D eigenvalue weighted by atomic mass is 9.96. The zero-order chi connectivity index (χ0) is 16.6. The third-order valence-electron chi connectivity index (χ3n) is 5.15. The highest BCUT2D eigenvalue weighted by Crippen LogP contribution is 2.34. The van der Waals surface area contributed by atoms with Gasteiger partial charge in [-0.25, -0.2) is 0 Å². The molecule has 0 saturated carbocycles. The Kier molecular flexibility index (Phi) is 4.62. The van der Waals surface area contributed by atoms with Gasteiger partial charge in [0, 0.05) is 49.3 Å². The van der Waals surface area contributed by atoms with Gasteiger partial charge in [-0.05, 0) is 38.3 Å². The van der Waals surface area contributed by atoms with E-state index in [2.05, 4.69) is 67.1 Å². The lowest BCUT2D eigenvalue weighted by molar-refractivity contribution is 0.111. The number of aryl methyl sites for hydroxylation is 2. The molecule has 2 aromatic heterocycles. The first-order valence-corrected chi connectivity index (χ1v) is 8.94. The van der Waals surface area contributed by atoms with Crippen molar-refractivity contribution in [3.63, 3.8) is 0 Å². The Labute approximate surface area is 140 Å². The van der Waals surface area contributed by atoms with E-state index in [1.165, 1.54) is 22.6 Å². The lowest BCUT2D eigenvalue weighted by Gasteiger charge is -2.39. The van der Waals surface area contributed by atoms with Gasteiger partial charge in [0.25, 0.3) is 0 Å². The third-order valence-corrected chi connectivity index (χ3v) is 5.15. The molecule has 0 radical (unpaired) electrons. The molecular weight excluding hydrogens is 284 g/mol. The van der Waals surface area contributed by atoms with Crippen LogP contribution in [0, 0.1) is 19.8 Å². The van der Waals surface area contributed by atoms with Crippen molar-refractivity contribution in [3.8, 4) is 0 Å². The normalized spacial score (nSPS) is 18.6. The number of aromatic nitrogens is 3. The van der Waals surface area contributed by atoms with E-state index in [1.807, 2.05) is 0 Å². The largest absolute Gasteiger partial charge is 0.349 e. The van der Waals surface area contributed by atoms with Gasteiger partial charge in [-0.15, -0.1) is 0 Å². The maximum Gasteiger partial charge on any atom is 0.0641 e. The molecule has 126 valence electrons. The van der Waals surface area contributed by atoms with Gasteiger partial charge < -0.3 is 4.57 Å². The molecular formula is C19H30N4. The van der Waals surface area contributed by atoms with Crippen LogP contribution in [0.3, 0.4) is 0 Å². The van der Waals surface area contributed by atoms with Crippen molar-refractivity contribution in [2.45, 2.75) is 66.7 Å². The van der Waals surface area contributed by atoms with Crippen molar-refractivity contribution >= 4 is 0 Å². The first-order chi connectivity index (χ1) is 11.0. The van der Waals surface area contributed by atoms with Gasteiger partial charge in [0.2, 0.25) is 0 Å². The second kappa shape index (κ2) is 6.52. The maximum absolute atomic E-state index is 4.75. The van der Waals surface area contributed by atoms with Crippen LogP contribution < -0.4 is 0 Å². The molecule has 3 heterocycles. The maximum atomic E-state index is 4.75. The summed E-state index contributed by atoms with van der Waals surface area (Å²) in [5.41, 5.74) is 5.42. The number of hydrogen-bond donors (Lipinski definition) is 0. The molecule has 0 amide bonds. The molecule has 3 rings (SSSR count). The Morgan fingerprint density at radius 3 is 2.74 bits per heavy atom. The number of rotatable bonds is 5. The second-order valence-corrected chi connectivity index (χ2v) is 7.16. The minimum Gasteiger partial charge on any atom is -0.349 e. The van der Waals surface area contributed by atoms with E-state index in [4.69, 9.17) is 5.10 Å². The molecule has 1 atom stereocenters. The van der Waals surface area contributed by atoms with Crippen molar-refractivity contribution in [1.29, 1.82) is 0 Å². The summed E-state index contributed by atoms with van der Waals surface area (Å²) in [6, 6.07) is 4.97. The molecule has 4 heteroatoms.